The Labute approximate surface area is 122 Å². The van der Waals surface area contributed by atoms with Gasteiger partial charge in [0.1, 0.15) is 5.82 Å². The zero-order chi connectivity index (χ0) is 14.1. The molecule has 1 N–H and O–H groups in total. The molecule has 0 radical (unpaired) electrons. The highest BCUT2D eigenvalue weighted by molar-refractivity contribution is 6.30. The van der Waals surface area contributed by atoms with Crippen molar-refractivity contribution >= 4 is 11.6 Å². The van der Waals surface area contributed by atoms with Gasteiger partial charge in [0.15, 0.2) is 0 Å². The second-order valence-corrected chi connectivity index (χ2v) is 5.75. The molecular weight excluding hydrogens is 277 g/mol. The number of nitrogens with zero attached hydrogens (tertiary/aromatic N) is 2. The molecule has 0 atom stereocenters. The molecule has 2 aromatic rings. The van der Waals surface area contributed by atoms with Crippen LogP contribution in [0.1, 0.15) is 29.7 Å². The molecule has 0 aliphatic heterocycles. The van der Waals surface area contributed by atoms with Crippen LogP contribution in [-0.2, 0) is 13.1 Å². The first-order valence-electron chi connectivity index (χ1n) is 6.82. The summed E-state index contributed by atoms with van der Waals surface area (Å²) >= 11 is 5.68. The normalized spacial score (nSPS) is 14.8. The summed E-state index contributed by atoms with van der Waals surface area (Å²) in [7, 11) is 0. The van der Waals surface area contributed by atoms with Crippen LogP contribution in [0.4, 0.5) is 4.39 Å². The molecule has 1 aliphatic rings. The monoisotopic (exact) mass is 293 g/mol. The molecule has 1 heterocycles. The molecule has 1 aromatic carbocycles. The summed E-state index contributed by atoms with van der Waals surface area (Å²) in [5, 5.41) is 8.11. The summed E-state index contributed by atoms with van der Waals surface area (Å²) in [6, 6.07) is 5.55. The molecule has 0 spiro atoms. The molecule has 0 bridgehead atoms. The molecule has 5 heteroatoms. The molecule has 1 aromatic heterocycles. The fourth-order valence-corrected chi connectivity index (χ4v) is 2.30. The van der Waals surface area contributed by atoms with E-state index in [0.29, 0.717) is 12.6 Å². The minimum absolute atomic E-state index is 0.153. The van der Waals surface area contributed by atoms with Crippen LogP contribution in [0.3, 0.4) is 0 Å². The number of hydrogen-bond acceptors (Lipinski definition) is 2. The second-order valence-electron chi connectivity index (χ2n) is 5.34. The van der Waals surface area contributed by atoms with Crippen molar-refractivity contribution in [3.8, 4) is 0 Å². The zero-order valence-electron chi connectivity index (χ0n) is 11.4. The van der Waals surface area contributed by atoms with E-state index in [0.717, 1.165) is 17.8 Å². The van der Waals surface area contributed by atoms with E-state index in [4.69, 9.17) is 11.6 Å². The molecule has 1 fully saturated rings. The summed E-state index contributed by atoms with van der Waals surface area (Å²) in [5.41, 5.74) is 3.08. The number of benzene rings is 1. The van der Waals surface area contributed by atoms with Crippen LogP contribution in [0, 0.1) is 12.7 Å². The predicted octanol–water partition coefficient (Wildman–Crippen LogP) is 3.28. The highest BCUT2D eigenvalue weighted by atomic mass is 35.5. The molecule has 106 valence electrons. The van der Waals surface area contributed by atoms with E-state index in [2.05, 4.69) is 10.4 Å². The molecule has 20 heavy (non-hydrogen) atoms. The summed E-state index contributed by atoms with van der Waals surface area (Å²) < 4.78 is 15.3. The van der Waals surface area contributed by atoms with Gasteiger partial charge in [-0.3, -0.25) is 4.68 Å². The first-order valence-corrected chi connectivity index (χ1v) is 7.20. The largest absolute Gasteiger partial charge is 0.310 e. The Morgan fingerprint density at radius 1 is 1.45 bits per heavy atom. The lowest BCUT2D eigenvalue weighted by atomic mass is 10.2. The highest BCUT2D eigenvalue weighted by Crippen LogP contribution is 2.20. The maximum atomic E-state index is 13.4. The van der Waals surface area contributed by atoms with E-state index < -0.39 is 0 Å². The zero-order valence-corrected chi connectivity index (χ0v) is 12.1. The van der Waals surface area contributed by atoms with E-state index in [-0.39, 0.29) is 10.8 Å². The van der Waals surface area contributed by atoms with Gasteiger partial charge in [-0.25, -0.2) is 4.39 Å². The Morgan fingerprint density at radius 3 is 2.95 bits per heavy atom. The molecule has 0 unspecified atom stereocenters. The van der Waals surface area contributed by atoms with E-state index in [1.54, 1.807) is 6.07 Å². The van der Waals surface area contributed by atoms with Gasteiger partial charge in [-0.1, -0.05) is 17.7 Å². The Hall–Kier alpha value is -1.39. The van der Waals surface area contributed by atoms with Gasteiger partial charge < -0.3 is 5.32 Å². The average Bonchev–Trinajstić information content (AvgIpc) is 3.17. The van der Waals surface area contributed by atoms with Crippen molar-refractivity contribution in [1.82, 2.24) is 15.1 Å². The Balaban J connectivity index is 1.69. The van der Waals surface area contributed by atoms with Gasteiger partial charge in [0.05, 0.1) is 17.3 Å². The van der Waals surface area contributed by atoms with Crippen LogP contribution in [0.2, 0.25) is 5.02 Å². The SMILES string of the molecule is Cc1nn(Cc2ccc(Cl)c(F)c2)cc1CNC1CC1. The number of aryl methyl sites for hydroxylation is 1. The standard InChI is InChI=1S/C15H17ClFN3/c1-10-12(7-18-13-3-4-13)9-20(19-10)8-11-2-5-14(16)15(17)6-11/h2,5-6,9,13,18H,3-4,7-8H2,1H3. The molecule has 0 saturated heterocycles. The third-order valence-corrected chi connectivity index (χ3v) is 3.84. The van der Waals surface area contributed by atoms with Gasteiger partial charge in [0.2, 0.25) is 0 Å². The Kier molecular flexibility index (Phi) is 3.76. The molecule has 1 aliphatic carbocycles. The number of rotatable bonds is 5. The topological polar surface area (TPSA) is 29.9 Å². The van der Waals surface area contributed by atoms with Crippen molar-refractivity contribution in [3.05, 3.63) is 52.1 Å². The van der Waals surface area contributed by atoms with Crippen molar-refractivity contribution in [2.24, 2.45) is 0 Å². The van der Waals surface area contributed by atoms with Crippen LogP contribution in [-0.4, -0.2) is 15.8 Å². The summed E-state index contributed by atoms with van der Waals surface area (Å²) in [6.07, 6.45) is 4.58. The average molecular weight is 294 g/mol. The van der Waals surface area contributed by atoms with E-state index >= 15 is 0 Å². The van der Waals surface area contributed by atoms with Gasteiger partial charge in [0, 0.05) is 24.3 Å². The maximum absolute atomic E-state index is 13.4. The Bertz CT molecular complexity index is 620. The van der Waals surface area contributed by atoms with Crippen molar-refractivity contribution in [2.75, 3.05) is 0 Å². The van der Waals surface area contributed by atoms with Crippen molar-refractivity contribution < 1.29 is 4.39 Å². The van der Waals surface area contributed by atoms with Gasteiger partial charge in [-0.05, 0) is 37.5 Å². The molecule has 3 rings (SSSR count). The lowest BCUT2D eigenvalue weighted by Gasteiger charge is -2.03. The lowest BCUT2D eigenvalue weighted by molar-refractivity contribution is 0.619. The smallest absolute Gasteiger partial charge is 0.142 e. The summed E-state index contributed by atoms with van der Waals surface area (Å²) in [6.45, 7) is 3.41. The van der Waals surface area contributed by atoms with E-state index in [9.17, 15) is 4.39 Å². The molecule has 3 nitrogen and oxygen atoms in total. The molecular formula is C15H17ClFN3. The number of halogens is 2. The minimum atomic E-state index is -0.385. The van der Waals surface area contributed by atoms with Crippen LogP contribution in [0.25, 0.3) is 0 Å². The van der Waals surface area contributed by atoms with Gasteiger partial charge >= 0.3 is 0 Å². The van der Waals surface area contributed by atoms with Crippen molar-refractivity contribution in [3.63, 3.8) is 0 Å². The van der Waals surface area contributed by atoms with Crippen LogP contribution >= 0.6 is 11.6 Å². The second kappa shape index (κ2) is 5.54. The summed E-state index contributed by atoms with van der Waals surface area (Å²) in [4.78, 5) is 0. The highest BCUT2D eigenvalue weighted by Gasteiger charge is 2.20. The van der Waals surface area contributed by atoms with Crippen molar-refractivity contribution in [2.45, 2.75) is 38.9 Å². The fourth-order valence-electron chi connectivity index (χ4n) is 2.18. The van der Waals surface area contributed by atoms with Gasteiger partial charge in [0.25, 0.3) is 0 Å². The van der Waals surface area contributed by atoms with E-state index in [1.165, 1.54) is 24.5 Å². The first kappa shape index (κ1) is 13.6. The number of hydrogen-bond donors (Lipinski definition) is 1. The number of aromatic nitrogens is 2. The fraction of sp³-hybridized carbons (Fsp3) is 0.400. The van der Waals surface area contributed by atoms with Crippen molar-refractivity contribution in [1.29, 1.82) is 0 Å². The third kappa shape index (κ3) is 3.19. The third-order valence-electron chi connectivity index (χ3n) is 3.54. The van der Waals surface area contributed by atoms with Crippen LogP contribution in [0.5, 0.6) is 0 Å². The molecule has 1 saturated carbocycles. The van der Waals surface area contributed by atoms with E-state index in [1.807, 2.05) is 23.9 Å². The van der Waals surface area contributed by atoms with Crippen LogP contribution in [0.15, 0.2) is 24.4 Å². The van der Waals surface area contributed by atoms with Gasteiger partial charge in [-0.2, -0.15) is 5.10 Å². The molecule has 0 amide bonds. The first-order chi connectivity index (χ1) is 9.61. The van der Waals surface area contributed by atoms with Gasteiger partial charge in [-0.15, -0.1) is 0 Å². The number of nitrogens with one attached hydrogen (secondary N) is 1. The Morgan fingerprint density at radius 2 is 2.25 bits per heavy atom. The summed E-state index contributed by atoms with van der Waals surface area (Å²) in [5.74, 6) is -0.385. The lowest BCUT2D eigenvalue weighted by Crippen LogP contribution is -2.15. The van der Waals surface area contributed by atoms with Crippen LogP contribution < -0.4 is 5.32 Å². The quantitative estimate of drug-likeness (QED) is 0.917. The predicted molar refractivity (Wildman–Crippen MR) is 77.3 cm³/mol. The maximum Gasteiger partial charge on any atom is 0.142 e. The minimum Gasteiger partial charge on any atom is -0.310 e.